The first-order chi connectivity index (χ1) is 30.2. The molecule has 6 heterocycles. The molecule has 0 aliphatic heterocycles. The molecule has 0 aliphatic rings. The summed E-state index contributed by atoms with van der Waals surface area (Å²) < 4.78 is 6.20. The zero-order valence-electron chi connectivity index (χ0n) is 32.5. The molecule has 0 spiro atoms. The van der Waals surface area contributed by atoms with E-state index < -0.39 is 0 Å². The molecule has 0 fully saturated rings. The summed E-state index contributed by atoms with van der Waals surface area (Å²) >= 11 is 0. The molecule has 61 heavy (non-hydrogen) atoms. The Hall–Kier alpha value is -8.56. The lowest BCUT2D eigenvalue weighted by Crippen LogP contribution is -2.03. The summed E-state index contributed by atoms with van der Waals surface area (Å²) in [5.41, 5.74) is 11.2. The molecule has 0 radical (unpaired) electrons. The van der Waals surface area contributed by atoms with Crippen LogP contribution in [-0.2, 0) is 0 Å². The van der Waals surface area contributed by atoms with Gasteiger partial charge in [-0.15, -0.1) is 0 Å². The summed E-state index contributed by atoms with van der Waals surface area (Å²) in [5, 5.41) is 2.17. The van der Waals surface area contributed by atoms with Crippen LogP contribution in [0.2, 0.25) is 0 Å². The number of fused-ring (bicyclic) bond motifs is 3. The van der Waals surface area contributed by atoms with Gasteiger partial charge < -0.3 is 4.42 Å². The number of rotatable bonds is 8. The van der Waals surface area contributed by atoms with Crippen molar-refractivity contribution in [2.75, 3.05) is 0 Å². The van der Waals surface area contributed by atoms with Crippen LogP contribution in [0.15, 0.2) is 199 Å². The minimum atomic E-state index is 0.410. The van der Waals surface area contributed by atoms with E-state index in [1.165, 1.54) is 0 Å². The maximum Gasteiger partial charge on any atom is 0.182 e. The minimum absolute atomic E-state index is 0.410. The third kappa shape index (κ3) is 6.96. The van der Waals surface area contributed by atoms with Crippen LogP contribution >= 0.6 is 0 Å². The van der Waals surface area contributed by atoms with Crippen LogP contribution in [-0.4, -0.2) is 39.9 Å². The quantitative estimate of drug-likeness (QED) is 0.148. The molecule has 0 atom stereocenters. The van der Waals surface area contributed by atoms with Crippen molar-refractivity contribution in [1.82, 2.24) is 39.9 Å². The van der Waals surface area contributed by atoms with E-state index in [2.05, 4.69) is 46.4 Å². The molecule has 9 nitrogen and oxygen atoms in total. The van der Waals surface area contributed by atoms with E-state index in [4.69, 9.17) is 34.3 Å². The number of nitrogens with zero attached hydrogens (tertiary/aromatic N) is 8. The van der Waals surface area contributed by atoms with E-state index in [0.29, 0.717) is 46.1 Å². The lowest BCUT2D eigenvalue weighted by atomic mass is 9.98. The second-order valence-electron chi connectivity index (χ2n) is 14.4. The highest BCUT2D eigenvalue weighted by atomic mass is 16.3. The van der Waals surface area contributed by atoms with E-state index in [1.54, 1.807) is 12.4 Å². The standard InChI is InChI=1S/C52H32N8O/c1-3-14-34(15-4-1)49-56-42(37-30-43(40-20-9-11-28-53-40)55-44(31-37)41-21-10-12-29-54-41)32-45(57-49)52-59-50(35-16-5-2-6-17-35)58-51(60-52)36-26-24-33(25-27-36)38-19-13-23-47-48(38)39-18-7-8-22-46(39)61-47/h1-32H. The summed E-state index contributed by atoms with van der Waals surface area (Å²) in [7, 11) is 0. The second kappa shape index (κ2) is 15.3. The Morgan fingerprint density at radius 1 is 0.295 bits per heavy atom. The molecule has 0 bridgehead atoms. The first-order valence-electron chi connectivity index (χ1n) is 19.8. The lowest BCUT2D eigenvalue weighted by Gasteiger charge is -2.13. The minimum Gasteiger partial charge on any atom is -0.456 e. The summed E-state index contributed by atoms with van der Waals surface area (Å²) in [6.07, 6.45) is 3.52. The van der Waals surface area contributed by atoms with Crippen molar-refractivity contribution in [2.24, 2.45) is 0 Å². The van der Waals surface area contributed by atoms with Gasteiger partial charge in [0.25, 0.3) is 0 Å². The fourth-order valence-electron chi connectivity index (χ4n) is 7.55. The monoisotopic (exact) mass is 784 g/mol. The Labute approximate surface area is 350 Å². The zero-order valence-corrected chi connectivity index (χ0v) is 32.5. The molecular weight excluding hydrogens is 753 g/mol. The van der Waals surface area contributed by atoms with E-state index in [9.17, 15) is 0 Å². The van der Waals surface area contributed by atoms with Crippen molar-refractivity contribution in [3.63, 3.8) is 0 Å². The summed E-state index contributed by atoms with van der Waals surface area (Å²) in [6.45, 7) is 0. The van der Waals surface area contributed by atoms with Gasteiger partial charge in [-0.2, -0.15) is 0 Å². The highest BCUT2D eigenvalue weighted by Gasteiger charge is 2.19. The van der Waals surface area contributed by atoms with Gasteiger partial charge >= 0.3 is 0 Å². The molecule has 0 amide bonds. The van der Waals surface area contributed by atoms with Crippen molar-refractivity contribution in [2.45, 2.75) is 0 Å². The molecule has 0 saturated heterocycles. The summed E-state index contributed by atoms with van der Waals surface area (Å²) in [6, 6.07) is 60.0. The SMILES string of the molecule is c1ccc(-c2nc(-c3cc(-c4ccccn4)nc(-c4ccccn4)c3)cc(-c3nc(-c4ccccc4)nc(-c4ccc(-c5cccc6oc7ccccc7c56)cc4)n3)n2)cc1. The predicted octanol–water partition coefficient (Wildman–Crippen LogP) is 12.1. The largest absolute Gasteiger partial charge is 0.456 e. The van der Waals surface area contributed by atoms with Gasteiger partial charge in [0.2, 0.25) is 0 Å². The maximum absolute atomic E-state index is 6.20. The number of pyridine rings is 3. The van der Waals surface area contributed by atoms with Crippen molar-refractivity contribution in [3.05, 3.63) is 194 Å². The van der Waals surface area contributed by atoms with Crippen LogP contribution in [0, 0.1) is 0 Å². The topological polar surface area (TPSA) is 116 Å². The summed E-state index contributed by atoms with van der Waals surface area (Å²) in [5.74, 6) is 1.98. The van der Waals surface area contributed by atoms with Crippen molar-refractivity contribution < 1.29 is 4.42 Å². The Balaban J connectivity index is 1.08. The molecular formula is C52H32N8O. The van der Waals surface area contributed by atoms with Gasteiger partial charge in [-0.05, 0) is 65.7 Å². The number of hydrogen-bond donors (Lipinski definition) is 0. The highest BCUT2D eigenvalue weighted by molar-refractivity contribution is 6.12. The van der Waals surface area contributed by atoms with Gasteiger partial charge in [0, 0.05) is 45.4 Å². The number of furan rings is 1. The van der Waals surface area contributed by atoms with Crippen LogP contribution in [0.5, 0.6) is 0 Å². The fourth-order valence-corrected chi connectivity index (χ4v) is 7.55. The molecule has 0 saturated carbocycles. The van der Waals surface area contributed by atoms with Gasteiger partial charge in [-0.25, -0.2) is 29.9 Å². The van der Waals surface area contributed by atoms with Crippen LogP contribution in [0.1, 0.15) is 0 Å². The molecule has 0 aliphatic carbocycles. The van der Waals surface area contributed by atoms with E-state index >= 15 is 0 Å². The lowest BCUT2D eigenvalue weighted by molar-refractivity contribution is 0.669. The zero-order chi connectivity index (χ0) is 40.5. The van der Waals surface area contributed by atoms with Crippen LogP contribution in [0.4, 0.5) is 0 Å². The van der Waals surface area contributed by atoms with Gasteiger partial charge in [0.05, 0.1) is 28.5 Å². The van der Waals surface area contributed by atoms with E-state index in [1.807, 2.05) is 146 Å². The van der Waals surface area contributed by atoms with E-state index in [0.717, 1.165) is 66.7 Å². The number of aromatic nitrogens is 8. The first kappa shape index (κ1) is 35.6. The third-order valence-electron chi connectivity index (χ3n) is 10.5. The maximum atomic E-state index is 6.20. The molecule has 11 aromatic rings. The van der Waals surface area contributed by atoms with Gasteiger partial charge in [-0.3, -0.25) is 9.97 Å². The third-order valence-corrected chi connectivity index (χ3v) is 10.5. The van der Waals surface area contributed by atoms with E-state index in [-0.39, 0.29) is 0 Å². The average Bonchev–Trinajstić information content (AvgIpc) is 3.74. The number of para-hydroxylation sites is 1. The van der Waals surface area contributed by atoms with Crippen molar-refractivity contribution >= 4 is 21.9 Å². The normalized spacial score (nSPS) is 11.3. The van der Waals surface area contributed by atoms with Gasteiger partial charge in [-0.1, -0.05) is 127 Å². The number of hydrogen-bond acceptors (Lipinski definition) is 9. The molecule has 9 heteroatoms. The second-order valence-corrected chi connectivity index (χ2v) is 14.4. The number of benzene rings is 5. The van der Waals surface area contributed by atoms with Gasteiger partial charge in [0.1, 0.15) is 16.9 Å². The fraction of sp³-hybridized carbons (Fsp3) is 0. The smallest absolute Gasteiger partial charge is 0.182 e. The van der Waals surface area contributed by atoms with Crippen LogP contribution < -0.4 is 0 Å². The first-order valence-corrected chi connectivity index (χ1v) is 19.8. The Kier molecular flexibility index (Phi) is 8.94. The predicted molar refractivity (Wildman–Crippen MR) is 240 cm³/mol. The average molecular weight is 785 g/mol. The Morgan fingerprint density at radius 2 is 0.820 bits per heavy atom. The highest BCUT2D eigenvalue weighted by Crippen LogP contribution is 2.38. The molecule has 0 unspecified atom stereocenters. The van der Waals surface area contributed by atoms with Crippen LogP contribution in [0.25, 0.3) is 113 Å². The Bertz CT molecular complexity index is 3280. The van der Waals surface area contributed by atoms with Crippen molar-refractivity contribution in [1.29, 1.82) is 0 Å². The molecule has 5 aromatic carbocycles. The molecule has 286 valence electrons. The summed E-state index contributed by atoms with van der Waals surface area (Å²) in [4.78, 5) is 39.7. The molecule has 11 rings (SSSR count). The van der Waals surface area contributed by atoms with Crippen molar-refractivity contribution in [3.8, 4) is 90.8 Å². The van der Waals surface area contributed by atoms with Crippen LogP contribution in [0.3, 0.4) is 0 Å². The molecule has 0 N–H and O–H groups in total. The Morgan fingerprint density at radius 3 is 1.46 bits per heavy atom. The van der Waals surface area contributed by atoms with Gasteiger partial charge in [0.15, 0.2) is 23.3 Å². The molecule has 6 aromatic heterocycles.